The van der Waals surface area contributed by atoms with E-state index in [1.807, 2.05) is 0 Å². The molecule has 88 valence electrons. The largest absolute Gasteiger partial charge is 0.378 e. The number of likely N-dealkylation sites (tertiary alicyclic amines) is 1. The molecule has 0 bridgehead atoms. The van der Waals surface area contributed by atoms with E-state index in [0.717, 1.165) is 32.2 Å². The van der Waals surface area contributed by atoms with E-state index in [1.54, 1.807) is 0 Å². The molecule has 4 nitrogen and oxygen atoms in total. The summed E-state index contributed by atoms with van der Waals surface area (Å²) in [5.41, 5.74) is 5.74. The molecule has 0 aromatic heterocycles. The third kappa shape index (κ3) is 2.91. The van der Waals surface area contributed by atoms with Crippen molar-refractivity contribution in [3.8, 4) is 0 Å². The molecule has 0 aromatic rings. The summed E-state index contributed by atoms with van der Waals surface area (Å²) < 4.78 is 5.44. The number of morpholine rings is 1. The van der Waals surface area contributed by atoms with Gasteiger partial charge in [-0.1, -0.05) is 0 Å². The van der Waals surface area contributed by atoms with Crippen LogP contribution in [0.4, 0.5) is 0 Å². The van der Waals surface area contributed by atoms with E-state index in [9.17, 15) is 0 Å². The van der Waals surface area contributed by atoms with E-state index in [0.29, 0.717) is 6.04 Å². The number of rotatable bonds is 4. The lowest BCUT2D eigenvalue weighted by atomic mass is 9.96. The van der Waals surface area contributed by atoms with Crippen molar-refractivity contribution in [1.82, 2.24) is 9.80 Å². The summed E-state index contributed by atoms with van der Waals surface area (Å²) in [6.07, 6.45) is 1.32. The number of hydrogen-bond donors (Lipinski definition) is 1. The molecule has 2 heterocycles. The first-order chi connectivity index (χ1) is 7.29. The van der Waals surface area contributed by atoms with E-state index < -0.39 is 0 Å². The van der Waals surface area contributed by atoms with Crippen molar-refractivity contribution in [3.63, 3.8) is 0 Å². The first-order valence-corrected chi connectivity index (χ1v) is 6.00. The van der Waals surface area contributed by atoms with Gasteiger partial charge in [0.1, 0.15) is 0 Å². The van der Waals surface area contributed by atoms with Gasteiger partial charge in [-0.3, -0.25) is 4.90 Å². The third-order valence-corrected chi connectivity index (χ3v) is 3.59. The lowest BCUT2D eigenvalue weighted by molar-refractivity contribution is -0.0103. The van der Waals surface area contributed by atoms with Crippen molar-refractivity contribution in [1.29, 1.82) is 0 Å². The molecular formula is C11H23N3O. The SMILES string of the molecule is CN1CC(CCN2CCOCC2CN)C1. The molecule has 2 N–H and O–H groups in total. The molecule has 2 saturated heterocycles. The van der Waals surface area contributed by atoms with E-state index in [2.05, 4.69) is 16.8 Å². The van der Waals surface area contributed by atoms with Gasteiger partial charge in [0.05, 0.1) is 13.2 Å². The Morgan fingerprint density at radius 3 is 2.87 bits per heavy atom. The van der Waals surface area contributed by atoms with Crippen LogP contribution in [0, 0.1) is 5.92 Å². The number of nitrogens with two attached hydrogens (primary N) is 1. The summed E-state index contributed by atoms with van der Waals surface area (Å²) in [4.78, 5) is 4.88. The molecule has 0 aromatic carbocycles. The second kappa shape index (κ2) is 5.25. The van der Waals surface area contributed by atoms with Crippen molar-refractivity contribution in [2.75, 3.05) is 53.0 Å². The maximum atomic E-state index is 5.74. The molecule has 0 aliphatic carbocycles. The zero-order valence-corrected chi connectivity index (χ0v) is 9.69. The van der Waals surface area contributed by atoms with Gasteiger partial charge in [-0.2, -0.15) is 0 Å². The summed E-state index contributed by atoms with van der Waals surface area (Å²) in [5.74, 6) is 0.913. The molecule has 2 fully saturated rings. The van der Waals surface area contributed by atoms with Crippen LogP contribution in [0.2, 0.25) is 0 Å². The van der Waals surface area contributed by atoms with Crippen LogP contribution in [0.25, 0.3) is 0 Å². The van der Waals surface area contributed by atoms with Gasteiger partial charge in [0.2, 0.25) is 0 Å². The summed E-state index contributed by atoms with van der Waals surface area (Å²) in [5, 5.41) is 0. The molecule has 15 heavy (non-hydrogen) atoms. The highest BCUT2D eigenvalue weighted by molar-refractivity contribution is 4.81. The highest BCUT2D eigenvalue weighted by atomic mass is 16.5. The quantitative estimate of drug-likeness (QED) is 0.690. The lowest BCUT2D eigenvalue weighted by Gasteiger charge is -2.40. The predicted molar refractivity (Wildman–Crippen MR) is 60.8 cm³/mol. The van der Waals surface area contributed by atoms with E-state index in [-0.39, 0.29) is 0 Å². The van der Waals surface area contributed by atoms with Crippen LogP contribution in [0.1, 0.15) is 6.42 Å². The smallest absolute Gasteiger partial charge is 0.0634 e. The summed E-state index contributed by atoms with van der Waals surface area (Å²) in [7, 11) is 2.19. The van der Waals surface area contributed by atoms with Gasteiger partial charge >= 0.3 is 0 Å². The Balaban J connectivity index is 1.68. The molecule has 2 aliphatic rings. The van der Waals surface area contributed by atoms with Crippen molar-refractivity contribution < 1.29 is 4.74 Å². The van der Waals surface area contributed by atoms with Crippen LogP contribution in [0.15, 0.2) is 0 Å². The highest BCUT2D eigenvalue weighted by Gasteiger charge is 2.26. The minimum absolute atomic E-state index is 0.455. The van der Waals surface area contributed by atoms with E-state index in [1.165, 1.54) is 26.1 Å². The maximum absolute atomic E-state index is 5.74. The van der Waals surface area contributed by atoms with E-state index in [4.69, 9.17) is 10.5 Å². The topological polar surface area (TPSA) is 41.7 Å². The van der Waals surface area contributed by atoms with Crippen LogP contribution in [-0.4, -0.2) is 68.8 Å². The van der Waals surface area contributed by atoms with Crippen LogP contribution in [0.5, 0.6) is 0 Å². The van der Waals surface area contributed by atoms with Gasteiger partial charge in [0.15, 0.2) is 0 Å². The molecule has 2 aliphatic heterocycles. The van der Waals surface area contributed by atoms with Gasteiger partial charge in [-0.25, -0.2) is 0 Å². The first kappa shape index (κ1) is 11.3. The van der Waals surface area contributed by atoms with Gasteiger partial charge in [0.25, 0.3) is 0 Å². The Labute approximate surface area is 92.4 Å². The minimum Gasteiger partial charge on any atom is -0.378 e. The molecule has 1 unspecified atom stereocenters. The minimum atomic E-state index is 0.455. The third-order valence-electron chi connectivity index (χ3n) is 3.59. The first-order valence-electron chi connectivity index (χ1n) is 6.00. The van der Waals surface area contributed by atoms with Gasteiger partial charge in [-0.15, -0.1) is 0 Å². The molecule has 0 saturated carbocycles. The van der Waals surface area contributed by atoms with Crippen LogP contribution in [0.3, 0.4) is 0 Å². The predicted octanol–water partition coefficient (Wildman–Crippen LogP) is -0.402. The molecule has 2 rings (SSSR count). The second-order valence-electron chi connectivity index (χ2n) is 4.88. The van der Waals surface area contributed by atoms with Crippen molar-refractivity contribution >= 4 is 0 Å². The molecular weight excluding hydrogens is 190 g/mol. The fourth-order valence-corrected chi connectivity index (χ4v) is 2.56. The average molecular weight is 213 g/mol. The van der Waals surface area contributed by atoms with Crippen LogP contribution in [-0.2, 0) is 4.74 Å². The molecule has 0 amide bonds. The van der Waals surface area contributed by atoms with Gasteiger partial charge in [0, 0.05) is 32.2 Å². The summed E-state index contributed by atoms with van der Waals surface area (Å²) >= 11 is 0. The number of ether oxygens (including phenoxy) is 1. The van der Waals surface area contributed by atoms with Crippen LogP contribution < -0.4 is 5.73 Å². The van der Waals surface area contributed by atoms with Crippen LogP contribution >= 0.6 is 0 Å². The van der Waals surface area contributed by atoms with Gasteiger partial charge in [-0.05, 0) is 25.9 Å². The summed E-state index contributed by atoms with van der Waals surface area (Å²) in [6, 6.07) is 0.455. The van der Waals surface area contributed by atoms with Crippen molar-refractivity contribution in [3.05, 3.63) is 0 Å². The van der Waals surface area contributed by atoms with Crippen molar-refractivity contribution in [2.45, 2.75) is 12.5 Å². The Morgan fingerprint density at radius 1 is 1.40 bits per heavy atom. The fourth-order valence-electron chi connectivity index (χ4n) is 2.56. The summed E-state index contributed by atoms with van der Waals surface area (Å²) in [6.45, 7) is 7.23. The monoisotopic (exact) mass is 213 g/mol. The Kier molecular flexibility index (Phi) is 3.97. The molecule has 0 radical (unpaired) electrons. The number of hydrogen-bond acceptors (Lipinski definition) is 4. The number of nitrogens with zero attached hydrogens (tertiary/aromatic N) is 2. The van der Waals surface area contributed by atoms with E-state index >= 15 is 0 Å². The van der Waals surface area contributed by atoms with Gasteiger partial charge < -0.3 is 15.4 Å². The molecule has 1 atom stereocenters. The molecule has 4 heteroatoms. The Hall–Kier alpha value is -0.160. The Morgan fingerprint density at radius 2 is 2.20 bits per heavy atom. The zero-order valence-electron chi connectivity index (χ0n) is 9.69. The normalized spacial score (nSPS) is 30.4. The highest BCUT2D eigenvalue weighted by Crippen LogP contribution is 2.18. The second-order valence-corrected chi connectivity index (χ2v) is 4.88. The standard InChI is InChI=1S/C11H23N3O/c1-13-7-10(8-13)2-3-14-4-5-15-9-11(14)6-12/h10-11H,2-9,12H2,1H3. The average Bonchev–Trinajstić information content (AvgIpc) is 2.23. The maximum Gasteiger partial charge on any atom is 0.0634 e. The Bertz CT molecular complexity index is 194. The lowest BCUT2D eigenvalue weighted by Crippen LogP contribution is -2.51. The fraction of sp³-hybridized carbons (Fsp3) is 1.00. The zero-order chi connectivity index (χ0) is 10.7. The van der Waals surface area contributed by atoms with Crippen molar-refractivity contribution in [2.24, 2.45) is 11.7 Å². The molecule has 0 spiro atoms.